The normalized spacial score (nSPS) is 11.0. The molecule has 0 spiro atoms. The van der Waals surface area contributed by atoms with Gasteiger partial charge in [-0.05, 0) is 24.6 Å². The maximum Gasteiger partial charge on any atom is 0.252 e. The summed E-state index contributed by atoms with van der Waals surface area (Å²) in [6, 6.07) is 13.4. The van der Waals surface area contributed by atoms with Crippen LogP contribution in [0.25, 0.3) is 28.2 Å². The molecule has 2 aromatic heterocycles. The number of carbonyl (C=O) groups is 1. The number of aromatic nitrogens is 4. The number of aldehydes is 1. The molecule has 4 aromatic rings. The van der Waals surface area contributed by atoms with Gasteiger partial charge in [-0.2, -0.15) is 10.1 Å². The third-order valence-electron chi connectivity index (χ3n) is 3.89. The first-order valence-corrected chi connectivity index (χ1v) is 7.69. The molecule has 0 saturated carbocycles. The van der Waals surface area contributed by atoms with Crippen LogP contribution in [0.15, 0.2) is 54.7 Å². The summed E-state index contributed by atoms with van der Waals surface area (Å²) < 4.78 is 15.3. The van der Waals surface area contributed by atoms with E-state index in [1.54, 1.807) is 35.8 Å². The van der Waals surface area contributed by atoms with E-state index in [9.17, 15) is 9.18 Å². The number of carbonyl (C=O) groups excluding carboxylic acids is 1. The van der Waals surface area contributed by atoms with Crippen molar-refractivity contribution < 1.29 is 9.18 Å². The highest BCUT2D eigenvalue weighted by Gasteiger charge is 2.14. The van der Waals surface area contributed by atoms with Crippen molar-refractivity contribution >= 4 is 12.1 Å². The van der Waals surface area contributed by atoms with Gasteiger partial charge in [-0.1, -0.05) is 36.4 Å². The van der Waals surface area contributed by atoms with Crippen LogP contribution in [0.1, 0.15) is 16.2 Å². The first-order chi connectivity index (χ1) is 12.1. The molecule has 0 saturated heterocycles. The number of benzene rings is 2. The average Bonchev–Trinajstić information content (AvgIpc) is 3.00. The molecule has 5 nitrogen and oxygen atoms in total. The number of aryl methyl sites for hydroxylation is 1. The van der Waals surface area contributed by atoms with Gasteiger partial charge in [-0.15, -0.1) is 0 Å². The van der Waals surface area contributed by atoms with E-state index in [2.05, 4.69) is 15.1 Å². The third-order valence-corrected chi connectivity index (χ3v) is 3.89. The van der Waals surface area contributed by atoms with E-state index in [4.69, 9.17) is 0 Å². The molecule has 6 heteroatoms. The molecule has 0 N–H and O–H groups in total. The second-order valence-electron chi connectivity index (χ2n) is 5.66. The maximum absolute atomic E-state index is 13.7. The molecule has 2 aromatic carbocycles. The summed E-state index contributed by atoms with van der Waals surface area (Å²) in [5.41, 5.74) is 3.47. The molecular weight excluding hydrogens is 319 g/mol. The summed E-state index contributed by atoms with van der Waals surface area (Å²) >= 11 is 0. The van der Waals surface area contributed by atoms with Crippen LogP contribution in [0.3, 0.4) is 0 Å². The highest BCUT2D eigenvalue weighted by Crippen LogP contribution is 2.31. The average molecular weight is 332 g/mol. The van der Waals surface area contributed by atoms with Crippen molar-refractivity contribution in [2.24, 2.45) is 0 Å². The minimum absolute atomic E-state index is 0.324. The molecular formula is C19H13FN4O. The molecule has 0 unspecified atom stereocenters. The molecule has 0 atom stereocenters. The molecule has 0 fully saturated rings. The lowest BCUT2D eigenvalue weighted by Crippen LogP contribution is -1.98. The second kappa shape index (κ2) is 5.90. The molecule has 0 amide bonds. The molecule has 4 rings (SSSR count). The molecule has 0 bridgehead atoms. The molecule has 0 aliphatic carbocycles. The van der Waals surface area contributed by atoms with Gasteiger partial charge in [0, 0.05) is 22.9 Å². The summed E-state index contributed by atoms with van der Waals surface area (Å²) in [5.74, 6) is 0.743. The fraction of sp³-hybridized carbons (Fsp3) is 0.0526. The van der Waals surface area contributed by atoms with Gasteiger partial charge in [0.1, 0.15) is 17.9 Å². The smallest absolute Gasteiger partial charge is 0.252 e. The van der Waals surface area contributed by atoms with Crippen LogP contribution in [0, 0.1) is 12.7 Å². The number of rotatable bonds is 3. The Kier molecular flexibility index (Phi) is 3.57. The lowest BCUT2D eigenvalue weighted by molar-refractivity contribution is 0.112. The molecule has 25 heavy (non-hydrogen) atoms. The van der Waals surface area contributed by atoms with E-state index >= 15 is 0 Å². The van der Waals surface area contributed by atoms with Crippen LogP contribution >= 0.6 is 0 Å². The summed E-state index contributed by atoms with van der Waals surface area (Å²) in [4.78, 5) is 19.8. The zero-order valence-corrected chi connectivity index (χ0v) is 13.3. The Morgan fingerprint density at radius 1 is 1.04 bits per heavy atom. The van der Waals surface area contributed by atoms with Crippen molar-refractivity contribution in [1.29, 1.82) is 0 Å². The fourth-order valence-electron chi connectivity index (χ4n) is 2.73. The number of halogens is 1. The van der Waals surface area contributed by atoms with E-state index in [-0.39, 0.29) is 5.82 Å². The summed E-state index contributed by atoms with van der Waals surface area (Å²) in [6.45, 7) is 1.79. The van der Waals surface area contributed by atoms with E-state index in [1.807, 2.05) is 18.2 Å². The van der Waals surface area contributed by atoms with Crippen LogP contribution in [-0.4, -0.2) is 25.9 Å². The largest absolute Gasteiger partial charge is 0.298 e. The molecule has 0 aliphatic rings. The van der Waals surface area contributed by atoms with Crippen molar-refractivity contribution in [3.05, 3.63) is 71.9 Å². The van der Waals surface area contributed by atoms with E-state index in [0.717, 1.165) is 17.4 Å². The SMILES string of the molecule is Cc1nc2nc(-c3ccc(C=O)cc3)c(-c3cccc(F)c3)cn2n1. The first-order valence-electron chi connectivity index (χ1n) is 7.69. The van der Waals surface area contributed by atoms with Gasteiger partial charge >= 0.3 is 0 Å². The van der Waals surface area contributed by atoms with Crippen LogP contribution in [0.2, 0.25) is 0 Å². The Morgan fingerprint density at radius 2 is 1.84 bits per heavy atom. The zero-order valence-electron chi connectivity index (χ0n) is 13.3. The summed E-state index contributed by atoms with van der Waals surface area (Å²) in [5, 5.41) is 4.29. The van der Waals surface area contributed by atoms with Gasteiger partial charge in [0.05, 0.1) is 5.69 Å². The predicted octanol–water partition coefficient (Wildman–Crippen LogP) is 3.72. The van der Waals surface area contributed by atoms with Crippen LogP contribution in [-0.2, 0) is 0 Å². The standard InChI is InChI=1S/C19H13FN4O/c1-12-21-19-22-18(14-7-5-13(11-25)6-8-14)17(10-24(19)23-12)15-3-2-4-16(20)9-15/h2-11H,1H3. The van der Waals surface area contributed by atoms with Gasteiger partial charge < -0.3 is 0 Å². The summed E-state index contributed by atoms with van der Waals surface area (Å²) in [6.07, 6.45) is 2.58. The highest BCUT2D eigenvalue weighted by atomic mass is 19.1. The maximum atomic E-state index is 13.7. The van der Waals surface area contributed by atoms with Crippen LogP contribution < -0.4 is 0 Å². The number of nitrogens with zero attached hydrogens (tertiary/aromatic N) is 4. The fourth-order valence-corrected chi connectivity index (χ4v) is 2.73. The first kappa shape index (κ1) is 15.1. The van der Waals surface area contributed by atoms with Crippen molar-refractivity contribution in [3.8, 4) is 22.4 Å². The zero-order chi connectivity index (χ0) is 17.4. The van der Waals surface area contributed by atoms with E-state index < -0.39 is 0 Å². The Balaban J connectivity index is 1.99. The van der Waals surface area contributed by atoms with Gasteiger partial charge in [0.2, 0.25) is 0 Å². The minimum Gasteiger partial charge on any atom is -0.298 e. The Bertz CT molecular complexity index is 1090. The van der Waals surface area contributed by atoms with Crippen LogP contribution in [0.5, 0.6) is 0 Å². The van der Waals surface area contributed by atoms with Crippen molar-refractivity contribution in [1.82, 2.24) is 19.6 Å². The van der Waals surface area contributed by atoms with Crippen molar-refractivity contribution in [2.45, 2.75) is 6.92 Å². The number of hydrogen-bond acceptors (Lipinski definition) is 4. The highest BCUT2D eigenvalue weighted by molar-refractivity contribution is 5.83. The lowest BCUT2D eigenvalue weighted by atomic mass is 10.00. The van der Waals surface area contributed by atoms with Crippen LogP contribution in [0.4, 0.5) is 4.39 Å². The second-order valence-corrected chi connectivity index (χ2v) is 5.66. The third kappa shape index (κ3) is 2.78. The molecule has 0 aliphatic heterocycles. The van der Waals surface area contributed by atoms with Crippen molar-refractivity contribution in [3.63, 3.8) is 0 Å². The Labute approximate surface area is 142 Å². The van der Waals surface area contributed by atoms with Gasteiger partial charge in [0.15, 0.2) is 0 Å². The van der Waals surface area contributed by atoms with Crippen molar-refractivity contribution in [2.75, 3.05) is 0 Å². The molecule has 2 heterocycles. The van der Waals surface area contributed by atoms with E-state index in [0.29, 0.717) is 28.4 Å². The monoisotopic (exact) mass is 332 g/mol. The molecule has 122 valence electrons. The number of fused-ring (bicyclic) bond motifs is 1. The molecule has 0 radical (unpaired) electrons. The lowest BCUT2D eigenvalue weighted by Gasteiger charge is -2.10. The number of hydrogen-bond donors (Lipinski definition) is 0. The Hall–Kier alpha value is -3.41. The summed E-state index contributed by atoms with van der Waals surface area (Å²) in [7, 11) is 0. The van der Waals surface area contributed by atoms with Gasteiger partial charge in [-0.25, -0.2) is 13.9 Å². The van der Waals surface area contributed by atoms with Gasteiger partial charge in [0.25, 0.3) is 5.78 Å². The Morgan fingerprint density at radius 3 is 2.56 bits per heavy atom. The quantitative estimate of drug-likeness (QED) is 0.537. The topological polar surface area (TPSA) is 60.2 Å². The minimum atomic E-state index is -0.324. The van der Waals surface area contributed by atoms with Gasteiger partial charge in [-0.3, -0.25) is 4.79 Å². The van der Waals surface area contributed by atoms with E-state index in [1.165, 1.54) is 12.1 Å². The predicted molar refractivity (Wildman–Crippen MR) is 91.7 cm³/mol.